The zero-order valence-electron chi connectivity index (χ0n) is 14.6. The van der Waals surface area contributed by atoms with Gasteiger partial charge in [-0.25, -0.2) is 4.79 Å². The van der Waals surface area contributed by atoms with Gasteiger partial charge in [-0.3, -0.25) is 14.5 Å². The van der Waals surface area contributed by atoms with Crippen LogP contribution in [0.25, 0.3) is 0 Å². The Balaban J connectivity index is 1.70. The summed E-state index contributed by atoms with van der Waals surface area (Å²) in [6.45, 7) is -0.345. The number of halogens is 1. The summed E-state index contributed by atoms with van der Waals surface area (Å²) in [4.78, 5) is 38.5. The van der Waals surface area contributed by atoms with Gasteiger partial charge in [0.05, 0.1) is 12.8 Å². The molecule has 4 amide bonds. The van der Waals surface area contributed by atoms with Crippen LogP contribution in [-0.2, 0) is 9.59 Å². The monoisotopic (exact) mass is 379 g/mol. The number of nitrogens with one attached hydrogen (secondary N) is 2. The highest BCUT2D eigenvalue weighted by molar-refractivity contribution is 6.31. The first kappa shape index (κ1) is 18.5. The molecule has 1 saturated carbocycles. The van der Waals surface area contributed by atoms with Gasteiger partial charge < -0.3 is 15.4 Å². The second kappa shape index (κ2) is 7.53. The largest absolute Gasteiger partial charge is 0.495 e. The second-order valence-electron chi connectivity index (χ2n) is 6.71. The smallest absolute Gasteiger partial charge is 0.325 e. The van der Waals surface area contributed by atoms with Crippen molar-refractivity contribution in [2.45, 2.75) is 44.1 Å². The summed E-state index contributed by atoms with van der Waals surface area (Å²) in [5.74, 6) is -0.350. The average molecular weight is 380 g/mol. The molecule has 2 fully saturated rings. The summed E-state index contributed by atoms with van der Waals surface area (Å²) in [5.41, 5.74) is -0.456. The third-order valence-electron chi connectivity index (χ3n) is 4.94. The molecule has 8 heteroatoms. The number of urea groups is 1. The van der Waals surface area contributed by atoms with Crippen LogP contribution >= 0.6 is 11.6 Å². The van der Waals surface area contributed by atoms with Crippen molar-refractivity contribution < 1.29 is 19.1 Å². The van der Waals surface area contributed by atoms with Gasteiger partial charge in [0.1, 0.15) is 17.8 Å². The zero-order chi connectivity index (χ0) is 18.7. The lowest BCUT2D eigenvalue weighted by atomic mass is 9.90. The predicted octanol–water partition coefficient (Wildman–Crippen LogP) is 2.93. The van der Waals surface area contributed by atoms with Gasteiger partial charge in [0.15, 0.2) is 0 Å². The standard InChI is InChI=1S/C18H22ClN3O4/c1-26-14-7-6-12(19)10-13(14)20-15(23)11-22-16(24)18(21-17(22)25)8-4-2-3-5-9-18/h6-7,10H,2-5,8-9,11H2,1H3,(H,20,23)(H,21,25). The maximum absolute atomic E-state index is 12.8. The number of benzene rings is 1. The minimum atomic E-state index is -0.846. The predicted molar refractivity (Wildman–Crippen MR) is 97.3 cm³/mol. The van der Waals surface area contributed by atoms with E-state index in [0.717, 1.165) is 30.6 Å². The van der Waals surface area contributed by atoms with Gasteiger partial charge >= 0.3 is 6.03 Å². The van der Waals surface area contributed by atoms with E-state index in [9.17, 15) is 14.4 Å². The van der Waals surface area contributed by atoms with Crippen molar-refractivity contribution >= 4 is 35.1 Å². The fraction of sp³-hybridized carbons (Fsp3) is 0.500. The molecule has 3 rings (SSSR count). The van der Waals surface area contributed by atoms with Gasteiger partial charge in [-0.1, -0.05) is 37.3 Å². The van der Waals surface area contributed by atoms with Crippen LogP contribution in [0, 0.1) is 0 Å². The van der Waals surface area contributed by atoms with Crippen molar-refractivity contribution in [2.75, 3.05) is 19.0 Å². The second-order valence-corrected chi connectivity index (χ2v) is 7.15. The number of carbonyl (C=O) groups is 3. The molecule has 1 aromatic carbocycles. The van der Waals surface area contributed by atoms with Gasteiger partial charge in [-0.15, -0.1) is 0 Å². The summed E-state index contributed by atoms with van der Waals surface area (Å²) in [7, 11) is 1.48. The highest BCUT2D eigenvalue weighted by Crippen LogP contribution is 2.33. The van der Waals surface area contributed by atoms with Crippen LogP contribution in [0.3, 0.4) is 0 Å². The van der Waals surface area contributed by atoms with Crippen molar-refractivity contribution in [2.24, 2.45) is 0 Å². The molecule has 1 aromatic rings. The molecule has 0 aromatic heterocycles. The summed E-state index contributed by atoms with van der Waals surface area (Å²) >= 11 is 5.95. The van der Waals surface area contributed by atoms with E-state index in [1.165, 1.54) is 7.11 Å². The molecular formula is C18H22ClN3O4. The first-order valence-corrected chi connectivity index (χ1v) is 9.10. The topological polar surface area (TPSA) is 87.7 Å². The molecule has 2 aliphatic rings. The lowest BCUT2D eigenvalue weighted by molar-refractivity contribution is -0.134. The molecule has 2 N–H and O–H groups in total. The maximum Gasteiger partial charge on any atom is 0.325 e. The van der Waals surface area contributed by atoms with E-state index in [4.69, 9.17) is 16.3 Å². The molecule has 1 heterocycles. The first-order chi connectivity index (χ1) is 12.4. The van der Waals surface area contributed by atoms with E-state index >= 15 is 0 Å². The van der Waals surface area contributed by atoms with Crippen molar-refractivity contribution in [3.8, 4) is 5.75 Å². The van der Waals surface area contributed by atoms with E-state index in [0.29, 0.717) is 29.3 Å². The van der Waals surface area contributed by atoms with Gasteiger partial charge in [0.2, 0.25) is 5.91 Å². The van der Waals surface area contributed by atoms with Crippen molar-refractivity contribution in [3.63, 3.8) is 0 Å². The summed E-state index contributed by atoms with van der Waals surface area (Å²) < 4.78 is 5.18. The van der Waals surface area contributed by atoms with E-state index in [1.807, 2.05) is 0 Å². The molecule has 1 spiro atoms. The van der Waals surface area contributed by atoms with Crippen LogP contribution in [0.5, 0.6) is 5.75 Å². The van der Waals surface area contributed by atoms with E-state index in [-0.39, 0.29) is 12.5 Å². The molecule has 26 heavy (non-hydrogen) atoms. The Kier molecular flexibility index (Phi) is 5.36. The van der Waals surface area contributed by atoms with Crippen LogP contribution in [0.15, 0.2) is 18.2 Å². The fourth-order valence-corrected chi connectivity index (χ4v) is 3.77. The molecular weight excluding hydrogens is 358 g/mol. The number of hydrogen-bond acceptors (Lipinski definition) is 4. The van der Waals surface area contributed by atoms with Crippen molar-refractivity contribution in [3.05, 3.63) is 23.2 Å². The molecule has 1 aliphatic heterocycles. The van der Waals surface area contributed by atoms with Gasteiger partial charge in [-0.2, -0.15) is 0 Å². The number of amides is 4. The van der Waals surface area contributed by atoms with Gasteiger partial charge in [0, 0.05) is 5.02 Å². The number of carbonyl (C=O) groups excluding carboxylic acids is 3. The Morgan fingerprint density at radius 1 is 1.27 bits per heavy atom. The minimum Gasteiger partial charge on any atom is -0.495 e. The number of hydrogen-bond donors (Lipinski definition) is 2. The molecule has 140 valence electrons. The Bertz CT molecular complexity index is 729. The molecule has 7 nitrogen and oxygen atoms in total. The molecule has 0 unspecified atom stereocenters. The minimum absolute atomic E-state index is 0.308. The van der Waals surface area contributed by atoms with Gasteiger partial charge in [0.25, 0.3) is 5.91 Å². The number of rotatable bonds is 4. The van der Waals surface area contributed by atoms with E-state index < -0.39 is 17.5 Å². The van der Waals surface area contributed by atoms with Crippen LogP contribution < -0.4 is 15.4 Å². The Labute approximate surface area is 157 Å². The highest BCUT2D eigenvalue weighted by Gasteiger charge is 2.51. The quantitative estimate of drug-likeness (QED) is 0.787. The number of nitrogens with zero attached hydrogens (tertiary/aromatic N) is 1. The summed E-state index contributed by atoms with van der Waals surface area (Å²) in [6.07, 6.45) is 5.15. The lowest BCUT2D eigenvalue weighted by Gasteiger charge is -2.24. The van der Waals surface area contributed by atoms with Crippen LogP contribution in [0.2, 0.25) is 5.02 Å². The fourth-order valence-electron chi connectivity index (χ4n) is 3.60. The lowest BCUT2D eigenvalue weighted by Crippen LogP contribution is -2.47. The molecule has 1 saturated heterocycles. The molecule has 0 atom stereocenters. The Hall–Kier alpha value is -2.28. The van der Waals surface area contributed by atoms with Crippen LogP contribution in [0.4, 0.5) is 10.5 Å². The Morgan fingerprint density at radius 2 is 1.96 bits per heavy atom. The van der Waals surface area contributed by atoms with E-state index in [1.54, 1.807) is 18.2 Å². The zero-order valence-corrected chi connectivity index (χ0v) is 15.4. The van der Waals surface area contributed by atoms with Crippen molar-refractivity contribution in [1.82, 2.24) is 10.2 Å². The van der Waals surface area contributed by atoms with E-state index in [2.05, 4.69) is 10.6 Å². The average Bonchev–Trinajstić information content (AvgIpc) is 2.77. The summed E-state index contributed by atoms with van der Waals surface area (Å²) in [6, 6.07) is 4.32. The first-order valence-electron chi connectivity index (χ1n) is 8.73. The summed E-state index contributed by atoms with van der Waals surface area (Å²) in [5, 5.41) is 5.91. The molecule has 0 bridgehead atoms. The van der Waals surface area contributed by atoms with Crippen LogP contribution in [0.1, 0.15) is 38.5 Å². The molecule has 0 radical (unpaired) electrons. The SMILES string of the molecule is COc1ccc(Cl)cc1NC(=O)CN1C(=O)NC2(CCCCCC2)C1=O. The van der Waals surface area contributed by atoms with Gasteiger partial charge in [-0.05, 0) is 31.0 Å². The van der Waals surface area contributed by atoms with Crippen LogP contribution in [-0.4, -0.2) is 41.9 Å². The highest BCUT2D eigenvalue weighted by atomic mass is 35.5. The number of imide groups is 1. The third-order valence-corrected chi connectivity index (χ3v) is 5.18. The molecule has 1 aliphatic carbocycles. The maximum atomic E-state index is 12.8. The Morgan fingerprint density at radius 3 is 2.62 bits per heavy atom. The number of ether oxygens (including phenoxy) is 1. The number of methoxy groups -OCH3 is 1. The normalized spacial score (nSPS) is 19.2. The third kappa shape index (κ3) is 3.62. The number of anilines is 1. The van der Waals surface area contributed by atoms with Crippen molar-refractivity contribution in [1.29, 1.82) is 0 Å².